The minimum Gasteiger partial charge on any atom is -0.495 e. The van der Waals surface area contributed by atoms with Crippen LogP contribution in [-0.2, 0) is 6.54 Å². The number of nitrogens with zero attached hydrogens (tertiary/aromatic N) is 5. The van der Waals surface area contributed by atoms with Gasteiger partial charge in [-0.3, -0.25) is 9.88 Å². The number of piperazine rings is 1. The average Bonchev–Trinajstić information content (AvgIpc) is 2.93. The van der Waals surface area contributed by atoms with Gasteiger partial charge in [0.05, 0.1) is 31.7 Å². The zero-order valence-corrected chi connectivity index (χ0v) is 12.3. The highest BCUT2D eigenvalue weighted by atomic mass is 16.5. The van der Waals surface area contributed by atoms with Crippen molar-refractivity contribution < 1.29 is 9.26 Å². The first kappa shape index (κ1) is 13.8. The summed E-state index contributed by atoms with van der Waals surface area (Å²) < 4.78 is 10.4. The molecule has 0 aliphatic carbocycles. The fraction of sp³-hybridized carbons (Fsp3) is 0.500. The highest BCUT2D eigenvalue weighted by Crippen LogP contribution is 2.20. The van der Waals surface area contributed by atoms with Crippen molar-refractivity contribution >= 4 is 5.69 Å². The van der Waals surface area contributed by atoms with E-state index in [1.165, 1.54) is 0 Å². The second-order valence-corrected chi connectivity index (χ2v) is 5.08. The highest BCUT2D eigenvalue weighted by molar-refractivity contribution is 5.48. The first-order valence-corrected chi connectivity index (χ1v) is 7.00. The maximum absolute atomic E-state index is 5.22. The van der Waals surface area contributed by atoms with E-state index in [2.05, 4.69) is 24.9 Å². The summed E-state index contributed by atoms with van der Waals surface area (Å²) in [6.45, 7) is 6.35. The summed E-state index contributed by atoms with van der Waals surface area (Å²) >= 11 is 0. The van der Waals surface area contributed by atoms with Crippen LogP contribution in [-0.4, -0.2) is 53.3 Å². The number of aryl methyl sites for hydroxylation is 1. The summed E-state index contributed by atoms with van der Waals surface area (Å²) in [5, 5.41) is 3.82. The van der Waals surface area contributed by atoms with Crippen LogP contribution in [0.4, 0.5) is 5.69 Å². The maximum Gasteiger partial charge on any atom is 0.240 e. The third-order valence-electron chi connectivity index (χ3n) is 3.60. The van der Waals surface area contributed by atoms with Crippen LogP contribution in [0.5, 0.6) is 5.75 Å². The van der Waals surface area contributed by atoms with E-state index < -0.39 is 0 Å². The molecule has 0 radical (unpaired) electrons. The van der Waals surface area contributed by atoms with Gasteiger partial charge < -0.3 is 14.2 Å². The molecule has 7 nitrogen and oxygen atoms in total. The fourth-order valence-corrected chi connectivity index (χ4v) is 2.45. The Balaban J connectivity index is 1.57. The molecule has 0 amide bonds. The third-order valence-corrected chi connectivity index (χ3v) is 3.60. The third kappa shape index (κ3) is 3.30. The van der Waals surface area contributed by atoms with Gasteiger partial charge in [0.1, 0.15) is 5.75 Å². The lowest BCUT2D eigenvalue weighted by Crippen LogP contribution is -2.46. The van der Waals surface area contributed by atoms with Crippen LogP contribution in [0.2, 0.25) is 0 Å². The molecule has 0 spiro atoms. The van der Waals surface area contributed by atoms with Crippen molar-refractivity contribution in [1.82, 2.24) is 20.0 Å². The van der Waals surface area contributed by atoms with Gasteiger partial charge in [-0.15, -0.1) is 0 Å². The standard InChI is InChI=1S/C14H19N5O2/c1-11-16-14(21-17-11)10-18-3-5-19(6-4-18)12-7-13(20-2)9-15-8-12/h7-9H,3-6,10H2,1-2H3. The lowest BCUT2D eigenvalue weighted by atomic mass is 10.2. The van der Waals surface area contributed by atoms with E-state index >= 15 is 0 Å². The summed E-state index contributed by atoms with van der Waals surface area (Å²) in [6.07, 6.45) is 3.59. The summed E-state index contributed by atoms with van der Waals surface area (Å²) in [5.41, 5.74) is 1.10. The SMILES string of the molecule is COc1cncc(N2CCN(Cc3nc(C)no3)CC2)c1. The molecule has 0 atom stereocenters. The number of ether oxygens (including phenoxy) is 1. The quantitative estimate of drug-likeness (QED) is 0.835. The van der Waals surface area contributed by atoms with Gasteiger partial charge in [-0.05, 0) is 6.92 Å². The van der Waals surface area contributed by atoms with Crippen LogP contribution in [0.3, 0.4) is 0 Å². The summed E-state index contributed by atoms with van der Waals surface area (Å²) in [5.74, 6) is 2.16. The van der Waals surface area contributed by atoms with Gasteiger partial charge in [-0.2, -0.15) is 4.98 Å². The van der Waals surface area contributed by atoms with Crippen LogP contribution in [0.25, 0.3) is 0 Å². The second kappa shape index (κ2) is 6.09. The van der Waals surface area contributed by atoms with E-state index in [4.69, 9.17) is 9.26 Å². The predicted molar refractivity (Wildman–Crippen MR) is 77.3 cm³/mol. The molecule has 21 heavy (non-hydrogen) atoms. The van der Waals surface area contributed by atoms with Crippen molar-refractivity contribution in [2.24, 2.45) is 0 Å². The molecule has 2 aromatic rings. The van der Waals surface area contributed by atoms with Crippen molar-refractivity contribution in [2.75, 3.05) is 38.2 Å². The van der Waals surface area contributed by atoms with Crippen LogP contribution in [0.15, 0.2) is 23.0 Å². The molecule has 0 N–H and O–H groups in total. The van der Waals surface area contributed by atoms with Crippen molar-refractivity contribution in [3.05, 3.63) is 30.2 Å². The van der Waals surface area contributed by atoms with E-state index in [0.29, 0.717) is 18.3 Å². The van der Waals surface area contributed by atoms with Crippen LogP contribution in [0, 0.1) is 6.92 Å². The number of hydrogen-bond acceptors (Lipinski definition) is 7. The number of pyridine rings is 1. The van der Waals surface area contributed by atoms with Crippen LogP contribution < -0.4 is 9.64 Å². The molecule has 1 fully saturated rings. The van der Waals surface area contributed by atoms with Crippen molar-refractivity contribution in [2.45, 2.75) is 13.5 Å². The number of methoxy groups -OCH3 is 1. The zero-order valence-electron chi connectivity index (χ0n) is 12.3. The Morgan fingerprint density at radius 2 is 2.05 bits per heavy atom. The summed E-state index contributed by atoms with van der Waals surface area (Å²) in [7, 11) is 1.66. The zero-order chi connectivity index (χ0) is 14.7. The molecule has 0 aromatic carbocycles. The molecular weight excluding hydrogens is 270 g/mol. The Hall–Kier alpha value is -2.15. The molecule has 3 rings (SSSR count). The number of aromatic nitrogens is 3. The Morgan fingerprint density at radius 3 is 2.71 bits per heavy atom. The monoisotopic (exact) mass is 289 g/mol. The largest absolute Gasteiger partial charge is 0.495 e. The Kier molecular flexibility index (Phi) is 4.01. The molecular formula is C14H19N5O2. The van der Waals surface area contributed by atoms with E-state index in [1.807, 2.05) is 19.2 Å². The molecule has 0 saturated carbocycles. The number of anilines is 1. The van der Waals surface area contributed by atoms with Gasteiger partial charge in [0.15, 0.2) is 5.82 Å². The minimum atomic E-state index is 0.684. The van der Waals surface area contributed by atoms with Gasteiger partial charge in [-0.1, -0.05) is 5.16 Å². The second-order valence-electron chi connectivity index (χ2n) is 5.08. The van der Waals surface area contributed by atoms with E-state index in [0.717, 1.165) is 37.6 Å². The Bertz CT molecular complexity index is 593. The summed E-state index contributed by atoms with van der Waals surface area (Å²) in [6, 6.07) is 2.02. The molecule has 0 unspecified atom stereocenters. The first-order chi connectivity index (χ1) is 10.2. The highest BCUT2D eigenvalue weighted by Gasteiger charge is 2.19. The minimum absolute atomic E-state index is 0.684. The van der Waals surface area contributed by atoms with Gasteiger partial charge in [0, 0.05) is 32.2 Å². The average molecular weight is 289 g/mol. The van der Waals surface area contributed by atoms with Crippen molar-refractivity contribution in [3.63, 3.8) is 0 Å². The van der Waals surface area contributed by atoms with Gasteiger partial charge in [0.2, 0.25) is 5.89 Å². The van der Waals surface area contributed by atoms with Crippen LogP contribution >= 0.6 is 0 Å². The van der Waals surface area contributed by atoms with Crippen molar-refractivity contribution in [1.29, 1.82) is 0 Å². The van der Waals surface area contributed by atoms with E-state index in [9.17, 15) is 0 Å². The van der Waals surface area contributed by atoms with E-state index in [1.54, 1.807) is 13.3 Å². The maximum atomic E-state index is 5.22. The molecule has 1 saturated heterocycles. The fourth-order valence-electron chi connectivity index (χ4n) is 2.45. The lowest BCUT2D eigenvalue weighted by Gasteiger charge is -2.35. The molecule has 112 valence electrons. The predicted octanol–water partition coefficient (Wildman–Crippen LogP) is 1.10. The molecule has 3 heterocycles. The molecule has 7 heteroatoms. The van der Waals surface area contributed by atoms with E-state index in [-0.39, 0.29) is 0 Å². The smallest absolute Gasteiger partial charge is 0.240 e. The van der Waals surface area contributed by atoms with Gasteiger partial charge in [-0.25, -0.2) is 0 Å². The molecule has 1 aliphatic heterocycles. The normalized spacial score (nSPS) is 16.2. The van der Waals surface area contributed by atoms with Gasteiger partial charge >= 0.3 is 0 Å². The number of rotatable bonds is 4. The Morgan fingerprint density at radius 1 is 1.24 bits per heavy atom. The van der Waals surface area contributed by atoms with Crippen molar-refractivity contribution in [3.8, 4) is 5.75 Å². The molecule has 1 aliphatic rings. The van der Waals surface area contributed by atoms with Gasteiger partial charge in [0.25, 0.3) is 0 Å². The van der Waals surface area contributed by atoms with Crippen LogP contribution in [0.1, 0.15) is 11.7 Å². The molecule has 0 bridgehead atoms. The lowest BCUT2D eigenvalue weighted by molar-refractivity contribution is 0.215. The number of hydrogen-bond donors (Lipinski definition) is 0. The summed E-state index contributed by atoms with van der Waals surface area (Å²) in [4.78, 5) is 13.1. The first-order valence-electron chi connectivity index (χ1n) is 7.00. The topological polar surface area (TPSA) is 67.5 Å². The molecule has 2 aromatic heterocycles. The Labute approximate surface area is 123 Å².